The molecule has 1 saturated heterocycles. The van der Waals surface area contributed by atoms with E-state index in [-0.39, 0.29) is 11.6 Å². The number of amides is 1. The van der Waals surface area contributed by atoms with Crippen molar-refractivity contribution in [3.8, 4) is 0 Å². The van der Waals surface area contributed by atoms with Crippen molar-refractivity contribution in [2.75, 3.05) is 18.4 Å². The SMILES string of the molecule is Cc1cc(C)nc(NC(=S)N2CCCC(NC(=O)c3cccc(C(F)(F)F)c3)C2)c1. The molecule has 1 aromatic heterocycles. The van der Waals surface area contributed by atoms with Gasteiger partial charge in [0, 0.05) is 30.4 Å². The molecular weight excluding hydrogens is 413 g/mol. The quantitative estimate of drug-likeness (QED) is 0.703. The summed E-state index contributed by atoms with van der Waals surface area (Å²) in [5.41, 5.74) is 1.09. The molecule has 0 spiro atoms. The molecule has 1 amide bonds. The fraction of sp³-hybridized carbons (Fsp3) is 0.381. The summed E-state index contributed by atoms with van der Waals surface area (Å²) in [7, 11) is 0. The number of nitrogens with zero attached hydrogens (tertiary/aromatic N) is 2. The lowest BCUT2D eigenvalue weighted by molar-refractivity contribution is -0.137. The van der Waals surface area contributed by atoms with Gasteiger partial charge >= 0.3 is 6.18 Å². The van der Waals surface area contributed by atoms with Gasteiger partial charge in [-0.25, -0.2) is 4.98 Å². The molecule has 0 saturated carbocycles. The van der Waals surface area contributed by atoms with Crippen LogP contribution in [0.2, 0.25) is 0 Å². The van der Waals surface area contributed by atoms with E-state index in [4.69, 9.17) is 12.2 Å². The third-order valence-electron chi connectivity index (χ3n) is 4.83. The zero-order valence-corrected chi connectivity index (χ0v) is 17.5. The Kier molecular flexibility index (Phi) is 6.60. The van der Waals surface area contributed by atoms with E-state index in [1.807, 2.05) is 30.9 Å². The lowest BCUT2D eigenvalue weighted by Gasteiger charge is -2.35. The molecule has 30 heavy (non-hydrogen) atoms. The molecule has 9 heteroatoms. The summed E-state index contributed by atoms with van der Waals surface area (Å²) in [4.78, 5) is 18.8. The molecule has 1 unspecified atom stereocenters. The predicted octanol–water partition coefficient (Wildman–Crippen LogP) is 4.31. The molecule has 0 aliphatic carbocycles. The number of carbonyl (C=O) groups is 1. The minimum atomic E-state index is -4.49. The van der Waals surface area contributed by atoms with E-state index in [0.29, 0.717) is 17.5 Å². The van der Waals surface area contributed by atoms with Gasteiger partial charge < -0.3 is 15.5 Å². The summed E-state index contributed by atoms with van der Waals surface area (Å²) in [6.45, 7) is 5.08. The van der Waals surface area contributed by atoms with Crippen LogP contribution < -0.4 is 10.6 Å². The number of thiocarbonyl (C=S) groups is 1. The molecular formula is C21H23F3N4OS. The van der Waals surface area contributed by atoms with Gasteiger partial charge in [0.05, 0.1) is 5.56 Å². The largest absolute Gasteiger partial charge is 0.416 e. The van der Waals surface area contributed by atoms with Gasteiger partial charge in [-0.15, -0.1) is 0 Å². The van der Waals surface area contributed by atoms with Crippen molar-refractivity contribution in [2.45, 2.75) is 38.9 Å². The molecule has 2 aromatic rings. The molecule has 0 bridgehead atoms. The Balaban J connectivity index is 1.62. The average Bonchev–Trinajstić information content (AvgIpc) is 2.67. The zero-order valence-electron chi connectivity index (χ0n) is 16.7. The Morgan fingerprint density at radius 1 is 1.23 bits per heavy atom. The van der Waals surface area contributed by atoms with Crippen molar-refractivity contribution in [3.63, 3.8) is 0 Å². The number of aromatic nitrogens is 1. The number of hydrogen-bond donors (Lipinski definition) is 2. The standard InChI is InChI=1S/C21H23F3N4OS/c1-13-9-14(2)25-18(10-13)27-20(30)28-8-4-7-17(12-28)26-19(29)15-5-3-6-16(11-15)21(22,23)24/h3,5-6,9-11,17H,4,7-8,12H2,1-2H3,(H,26,29)(H,25,27,30). The summed E-state index contributed by atoms with van der Waals surface area (Å²) in [5, 5.41) is 6.47. The monoisotopic (exact) mass is 436 g/mol. The normalized spacial score (nSPS) is 16.8. The van der Waals surface area contributed by atoms with Crippen molar-refractivity contribution in [1.29, 1.82) is 0 Å². The highest BCUT2D eigenvalue weighted by molar-refractivity contribution is 7.80. The maximum Gasteiger partial charge on any atom is 0.416 e. The van der Waals surface area contributed by atoms with Crippen LogP contribution in [0.5, 0.6) is 0 Å². The van der Waals surface area contributed by atoms with Crippen LogP contribution in [0.25, 0.3) is 0 Å². The van der Waals surface area contributed by atoms with Gasteiger partial charge in [0.1, 0.15) is 5.82 Å². The van der Waals surface area contributed by atoms with Crippen molar-refractivity contribution in [2.24, 2.45) is 0 Å². The van der Waals surface area contributed by atoms with Gasteiger partial charge in [-0.2, -0.15) is 13.2 Å². The van der Waals surface area contributed by atoms with Crippen LogP contribution in [0.15, 0.2) is 36.4 Å². The van der Waals surface area contributed by atoms with Gasteiger partial charge in [0.15, 0.2) is 5.11 Å². The maximum absolute atomic E-state index is 12.9. The third-order valence-corrected chi connectivity index (χ3v) is 5.19. The molecule has 5 nitrogen and oxygen atoms in total. The number of nitrogens with one attached hydrogen (secondary N) is 2. The van der Waals surface area contributed by atoms with Crippen LogP contribution in [0.1, 0.15) is 40.0 Å². The molecule has 160 valence electrons. The van der Waals surface area contributed by atoms with Crippen molar-refractivity contribution < 1.29 is 18.0 Å². The summed E-state index contributed by atoms with van der Waals surface area (Å²) in [5.74, 6) is 0.135. The molecule has 2 N–H and O–H groups in total. The van der Waals surface area contributed by atoms with Crippen molar-refractivity contribution >= 4 is 29.1 Å². The van der Waals surface area contributed by atoms with Crippen LogP contribution in [0.4, 0.5) is 19.0 Å². The summed E-state index contributed by atoms with van der Waals surface area (Å²) < 4.78 is 38.7. The van der Waals surface area contributed by atoms with E-state index in [1.54, 1.807) is 0 Å². The molecule has 0 radical (unpaired) electrons. The smallest absolute Gasteiger partial charge is 0.348 e. The Hall–Kier alpha value is -2.68. The van der Waals surface area contributed by atoms with E-state index in [2.05, 4.69) is 15.6 Å². The fourth-order valence-electron chi connectivity index (χ4n) is 3.48. The van der Waals surface area contributed by atoms with E-state index in [1.165, 1.54) is 12.1 Å². The van der Waals surface area contributed by atoms with Crippen LogP contribution >= 0.6 is 12.2 Å². The molecule has 1 aliphatic rings. The van der Waals surface area contributed by atoms with Crippen molar-refractivity contribution in [3.05, 3.63) is 58.8 Å². The summed E-state index contributed by atoms with van der Waals surface area (Å²) in [6.07, 6.45) is -2.96. The van der Waals surface area contributed by atoms with E-state index < -0.39 is 17.6 Å². The first kappa shape index (κ1) is 22.0. The number of hydrogen-bond acceptors (Lipinski definition) is 3. The second-order valence-electron chi connectivity index (χ2n) is 7.44. The Morgan fingerprint density at radius 3 is 2.70 bits per heavy atom. The Bertz CT molecular complexity index is 928. The van der Waals surface area contributed by atoms with E-state index in [0.717, 1.165) is 42.8 Å². The third kappa shape index (κ3) is 5.69. The van der Waals surface area contributed by atoms with Crippen LogP contribution in [-0.2, 0) is 6.18 Å². The van der Waals surface area contributed by atoms with E-state index >= 15 is 0 Å². The highest BCUT2D eigenvalue weighted by Crippen LogP contribution is 2.29. The number of pyridine rings is 1. The first-order valence-corrected chi connectivity index (χ1v) is 10.0. The number of piperidine rings is 1. The second kappa shape index (κ2) is 8.99. The minimum Gasteiger partial charge on any atom is -0.348 e. The number of rotatable bonds is 3. The van der Waals surface area contributed by atoms with Gasteiger partial charge in [-0.05, 0) is 74.8 Å². The Morgan fingerprint density at radius 2 is 2.00 bits per heavy atom. The van der Waals surface area contributed by atoms with Gasteiger partial charge in [0.2, 0.25) is 0 Å². The highest BCUT2D eigenvalue weighted by Gasteiger charge is 2.31. The summed E-state index contributed by atoms with van der Waals surface area (Å²) in [6, 6.07) is 8.08. The van der Waals surface area contributed by atoms with Crippen LogP contribution in [0.3, 0.4) is 0 Å². The molecule has 1 aliphatic heterocycles. The molecule has 2 heterocycles. The second-order valence-corrected chi connectivity index (χ2v) is 7.83. The van der Waals surface area contributed by atoms with Gasteiger partial charge in [-0.3, -0.25) is 4.79 Å². The highest BCUT2D eigenvalue weighted by atomic mass is 32.1. The number of likely N-dealkylation sites (tertiary alicyclic amines) is 1. The number of benzene rings is 1. The number of aryl methyl sites for hydroxylation is 2. The number of halogens is 3. The van der Waals surface area contributed by atoms with Crippen molar-refractivity contribution in [1.82, 2.24) is 15.2 Å². The minimum absolute atomic E-state index is 0.0120. The average molecular weight is 437 g/mol. The maximum atomic E-state index is 12.9. The lowest BCUT2D eigenvalue weighted by Crippen LogP contribution is -2.50. The zero-order chi connectivity index (χ0) is 21.9. The molecule has 3 rings (SSSR count). The first-order valence-electron chi connectivity index (χ1n) is 9.61. The molecule has 1 fully saturated rings. The number of anilines is 1. The fourth-order valence-corrected chi connectivity index (χ4v) is 3.75. The molecule has 1 atom stereocenters. The lowest BCUT2D eigenvalue weighted by atomic mass is 10.0. The summed E-state index contributed by atoms with van der Waals surface area (Å²) >= 11 is 5.50. The predicted molar refractivity (Wildman–Crippen MR) is 113 cm³/mol. The van der Waals surface area contributed by atoms with Crippen LogP contribution in [-0.4, -0.2) is 40.0 Å². The first-order chi connectivity index (χ1) is 14.1. The number of alkyl halides is 3. The topological polar surface area (TPSA) is 57.3 Å². The number of carbonyl (C=O) groups excluding carboxylic acids is 1. The van der Waals surface area contributed by atoms with E-state index in [9.17, 15) is 18.0 Å². The molecule has 1 aromatic carbocycles. The van der Waals surface area contributed by atoms with Gasteiger partial charge in [0.25, 0.3) is 5.91 Å². The Labute approximate surface area is 178 Å². The van der Waals surface area contributed by atoms with Gasteiger partial charge in [-0.1, -0.05) is 6.07 Å². The van der Waals surface area contributed by atoms with Crippen LogP contribution in [0, 0.1) is 13.8 Å².